The molecule has 26 heavy (non-hydrogen) atoms. The first-order valence-corrected chi connectivity index (χ1v) is 8.55. The summed E-state index contributed by atoms with van der Waals surface area (Å²) in [5.74, 6) is 0.854. The van der Waals surface area contributed by atoms with Crippen LogP contribution in [0.4, 0.5) is 0 Å². The minimum Gasteiger partial charge on any atom is -0.491 e. The highest BCUT2D eigenvalue weighted by molar-refractivity contribution is 5.99. The fourth-order valence-corrected chi connectivity index (χ4v) is 2.80. The Balaban J connectivity index is 1.54. The number of hydrogen-bond acceptors (Lipinski definition) is 5. The Bertz CT molecular complexity index is 793. The van der Waals surface area contributed by atoms with E-state index in [0.29, 0.717) is 35.0 Å². The normalized spacial score (nSPS) is 16.3. The molecule has 2 aromatic rings. The highest BCUT2D eigenvalue weighted by Gasteiger charge is 2.17. The maximum absolute atomic E-state index is 12.3. The van der Waals surface area contributed by atoms with E-state index in [1.807, 2.05) is 0 Å². The Morgan fingerprint density at radius 2 is 2.00 bits per heavy atom. The highest BCUT2D eigenvalue weighted by atomic mass is 16.5. The Morgan fingerprint density at radius 3 is 2.69 bits per heavy atom. The van der Waals surface area contributed by atoms with Crippen molar-refractivity contribution in [1.29, 1.82) is 0 Å². The standard InChI is InChI=1S/C19H22N2O5/c1-12-9-17(13(2)26-12)19(23)21-20-18(22)14-5-3-6-15(10-14)25-11-16-7-4-8-24-16/h3,5-6,9-10,16H,4,7-8,11H2,1-2H3,(H,20,22)(H,21,23). The van der Waals surface area contributed by atoms with Crippen LogP contribution in [0.25, 0.3) is 0 Å². The lowest BCUT2D eigenvalue weighted by Gasteiger charge is -2.12. The maximum atomic E-state index is 12.3. The van der Waals surface area contributed by atoms with Gasteiger partial charge >= 0.3 is 0 Å². The number of aryl methyl sites for hydroxylation is 2. The van der Waals surface area contributed by atoms with Crippen LogP contribution < -0.4 is 15.6 Å². The number of amides is 2. The lowest BCUT2D eigenvalue weighted by molar-refractivity contribution is 0.0679. The number of hydrogen-bond donors (Lipinski definition) is 2. The molecule has 2 amide bonds. The van der Waals surface area contributed by atoms with Gasteiger partial charge in [0.15, 0.2) is 0 Å². The fourth-order valence-electron chi connectivity index (χ4n) is 2.80. The van der Waals surface area contributed by atoms with Crippen LogP contribution >= 0.6 is 0 Å². The molecule has 1 aliphatic rings. The predicted molar refractivity (Wildman–Crippen MR) is 94.0 cm³/mol. The predicted octanol–water partition coefficient (Wildman–Crippen LogP) is 2.53. The van der Waals surface area contributed by atoms with E-state index in [2.05, 4.69) is 10.9 Å². The molecule has 138 valence electrons. The van der Waals surface area contributed by atoms with E-state index in [1.54, 1.807) is 44.2 Å². The van der Waals surface area contributed by atoms with E-state index < -0.39 is 11.8 Å². The van der Waals surface area contributed by atoms with Gasteiger partial charge in [-0.05, 0) is 51.0 Å². The van der Waals surface area contributed by atoms with E-state index in [4.69, 9.17) is 13.9 Å². The van der Waals surface area contributed by atoms with Gasteiger partial charge in [0.2, 0.25) is 0 Å². The van der Waals surface area contributed by atoms with Crippen LogP contribution in [0.2, 0.25) is 0 Å². The van der Waals surface area contributed by atoms with Gasteiger partial charge in [0.1, 0.15) is 23.9 Å². The van der Waals surface area contributed by atoms with E-state index in [-0.39, 0.29) is 6.10 Å². The van der Waals surface area contributed by atoms with Gasteiger partial charge in [-0.2, -0.15) is 0 Å². The second-order valence-corrected chi connectivity index (χ2v) is 6.21. The molecule has 0 aliphatic carbocycles. The molecule has 1 aliphatic heterocycles. The number of furan rings is 1. The number of hydrazine groups is 1. The van der Waals surface area contributed by atoms with Crippen LogP contribution in [0.1, 0.15) is 45.1 Å². The summed E-state index contributed by atoms with van der Waals surface area (Å²) in [5, 5.41) is 0. The number of nitrogens with one attached hydrogen (secondary N) is 2. The Morgan fingerprint density at radius 1 is 1.19 bits per heavy atom. The number of rotatable bonds is 5. The van der Waals surface area contributed by atoms with Crippen LogP contribution in [0.3, 0.4) is 0 Å². The van der Waals surface area contributed by atoms with Crippen molar-refractivity contribution < 1.29 is 23.5 Å². The molecule has 2 heterocycles. The van der Waals surface area contributed by atoms with Gasteiger partial charge < -0.3 is 13.9 Å². The van der Waals surface area contributed by atoms with Crippen LogP contribution in [0, 0.1) is 13.8 Å². The molecule has 7 heteroatoms. The van der Waals surface area contributed by atoms with Crippen molar-refractivity contribution in [3.8, 4) is 5.75 Å². The second-order valence-electron chi connectivity index (χ2n) is 6.21. The van der Waals surface area contributed by atoms with Crippen molar-refractivity contribution in [1.82, 2.24) is 10.9 Å². The summed E-state index contributed by atoms with van der Waals surface area (Å²) in [5.41, 5.74) is 5.56. The number of carbonyl (C=O) groups is 2. The highest BCUT2D eigenvalue weighted by Crippen LogP contribution is 2.17. The first kappa shape index (κ1) is 18.0. The molecule has 1 aromatic heterocycles. The third kappa shape index (κ3) is 4.43. The quantitative estimate of drug-likeness (QED) is 0.802. The van der Waals surface area contributed by atoms with Gasteiger partial charge in [0, 0.05) is 12.2 Å². The third-order valence-electron chi connectivity index (χ3n) is 4.13. The molecule has 1 aromatic carbocycles. The lowest BCUT2D eigenvalue weighted by Crippen LogP contribution is -2.41. The Labute approximate surface area is 151 Å². The van der Waals surface area contributed by atoms with Gasteiger partial charge in [-0.25, -0.2) is 0 Å². The smallest absolute Gasteiger partial charge is 0.273 e. The van der Waals surface area contributed by atoms with Crippen LogP contribution in [0.5, 0.6) is 5.75 Å². The first-order valence-electron chi connectivity index (χ1n) is 8.55. The Kier molecular flexibility index (Phi) is 5.58. The van der Waals surface area contributed by atoms with Gasteiger partial charge in [-0.3, -0.25) is 20.4 Å². The molecule has 0 spiro atoms. The summed E-state index contributed by atoms with van der Waals surface area (Å²) in [6, 6.07) is 8.40. The van der Waals surface area contributed by atoms with E-state index >= 15 is 0 Å². The zero-order valence-corrected chi connectivity index (χ0v) is 14.8. The molecule has 0 radical (unpaired) electrons. The molecular weight excluding hydrogens is 336 g/mol. The summed E-state index contributed by atoms with van der Waals surface area (Å²) in [4.78, 5) is 24.4. The van der Waals surface area contributed by atoms with Crippen LogP contribution in [-0.2, 0) is 4.74 Å². The van der Waals surface area contributed by atoms with Crippen LogP contribution in [0.15, 0.2) is 34.7 Å². The molecule has 1 saturated heterocycles. The topological polar surface area (TPSA) is 89.8 Å². The zero-order chi connectivity index (χ0) is 18.5. The summed E-state index contributed by atoms with van der Waals surface area (Å²) < 4.78 is 16.5. The van der Waals surface area contributed by atoms with Crippen molar-refractivity contribution in [2.24, 2.45) is 0 Å². The van der Waals surface area contributed by atoms with Gasteiger partial charge in [-0.1, -0.05) is 6.07 Å². The van der Waals surface area contributed by atoms with Crippen LogP contribution in [-0.4, -0.2) is 31.1 Å². The molecule has 1 unspecified atom stereocenters. The first-order chi connectivity index (χ1) is 12.5. The van der Waals surface area contributed by atoms with Crippen molar-refractivity contribution in [2.75, 3.05) is 13.2 Å². The Hall–Kier alpha value is -2.80. The van der Waals surface area contributed by atoms with Crippen molar-refractivity contribution in [2.45, 2.75) is 32.8 Å². The monoisotopic (exact) mass is 358 g/mol. The summed E-state index contributed by atoms with van der Waals surface area (Å²) in [7, 11) is 0. The largest absolute Gasteiger partial charge is 0.491 e. The molecule has 1 fully saturated rings. The molecule has 0 saturated carbocycles. The van der Waals surface area contributed by atoms with Crippen molar-refractivity contribution in [3.63, 3.8) is 0 Å². The maximum Gasteiger partial charge on any atom is 0.273 e. The molecule has 3 rings (SSSR count). The summed E-state index contributed by atoms with van der Waals surface area (Å²) >= 11 is 0. The van der Waals surface area contributed by atoms with E-state index in [9.17, 15) is 9.59 Å². The van der Waals surface area contributed by atoms with Crippen molar-refractivity contribution >= 4 is 11.8 Å². The summed E-state index contributed by atoms with van der Waals surface area (Å²) in [6.07, 6.45) is 2.14. The molecule has 1 atom stereocenters. The van der Waals surface area contributed by atoms with E-state index in [0.717, 1.165) is 19.4 Å². The zero-order valence-electron chi connectivity index (χ0n) is 14.8. The van der Waals surface area contributed by atoms with Gasteiger partial charge in [-0.15, -0.1) is 0 Å². The number of carbonyl (C=O) groups excluding carboxylic acids is 2. The van der Waals surface area contributed by atoms with E-state index in [1.165, 1.54) is 0 Å². The number of benzene rings is 1. The molecular formula is C19H22N2O5. The minimum atomic E-state index is -0.432. The minimum absolute atomic E-state index is 0.105. The average molecular weight is 358 g/mol. The second kappa shape index (κ2) is 8.05. The average Bonchev–Trinajstić information content (AvgIpc) is 3.27. The lowest BCUT2D eigenvalue weighted by atomic mass is 10.2. The molecule has 0 bridgehead atoms. The third-order valence-corrected chi connectivity index (χ3v) is 4.13. The van der Waals surface area contributed by atoms with Gasteiger partial charge in [0.05, 0.1) is 11.7 Å². The fraction of sp³-hybridized carbons (Fsp3) is 0.368. The molecule has 7 nitrogen and oxygen atoms in total. The molecule has 2 N–H and O–H groups in total. The number of ether oxygens (including phenoxy) is 2. The SMILES string of the molecule is Cc1cc(C(=O)NNC(=O)c2cccc(OCC3CCCO3)c2)c(C)o1. The summed E-state index contributed by atoms with van der Waals surface area (Å²) in [6.45, 7) is 4.68. The van der Waals surface area contributed by atoms with Crippen molar-refractivity contribution in [3.05, 3.63) is 53.0 Å². The van der Waals surface area contributed by atoms with Gasteiger partial charge in [0.25, 0.3) is 11.8 Å².